The van der Waals surface area contributed by atoms with Crippen molar-refractivity contribution >= 4 is 0 Å². The summed E-state index contributed by atoms with van der Waals surface area (Å²) in [5, 5.41) is 0. The quantitative estimate of drug-likeness (QED) is 0.727. The second-order valence-corrected chi connectivity index (χ2v) is 6.09. The first-order valence-corrected chi connectivity index (χ1v) is 8.64. The Kier molecular flexibility index (Phi) is 6.48. The average Bonchev–Trinajstić information content (AvgIpc) is 2.69. The minimum Gasteiger partial charge on any atom is -0.374 e. The van der Waals surface area contributed by atoms with E-state index in [-0.39, 0.29) is 12.2 Å². The van der Waals surface area contributed by atoms with Crippen molar-refractivity contribution in [3.05, 3.63) is 71.8 Å². The summed E-state index contributed by atoms with van der Waals surface area (Å²) in [7, 11) is 1.57. The van der Waals surface area contributed by atoms with Crippen LogP contribution in [0.1, 0.15) is 25.3 Å². The van der Waals surface area contributed by atoms with Crippen LogP contribution in [0.25, 0.3) is 0 Å². The highest BCUT2D eigenvalue weighted by Crippen LogP contribution is 2.24. The summed E-state index contributed by atoms with van der Waals surface area (Å²) in [5.74, 6) is 0. The van der Waals surface area contributed by atoms with Gasteiger partial charge in [0.25, 0.3) is 0 Å². The first-order valence-electron chi connectivity index (χ1n) is 9.21. The molecular formula is C21H26O4. The molecule has 2 aromatic carbocycles. The third-order valence-corrected chi connectivity index (χ3v) is 4.22. The van der Waals surface area contributed by atoms with Crippen molar-refractivity contribution in [3.8, 4) is 0 Å². The molecule has 0 bridgehead atoms. The van der Waals surface area contributed by atoms with Gasteiger partial charge in [-0.1, -0.05) is 60.7 Å². The molecular weight excluding hydrogens is 316 g/mol. The van der Waals surface area contributed by atoms with Crippen LogP contribution in [0.4, 0.5) is 0 Å². The van der Waals surface area contributed by atoms with E-state index in [9.17, 15) is 0 Å². The van der Waals surface area contributed by atoms with Gasteiger partial charge in [-0.3, -0.25) is 0 Å². The lowest BCUT2D eigenvalue weighted by molar-refractivity contribution is -0.234. The molecule has 0 aliphatic carbocycles. The van der Waals surface area contributed by atoms with Crippen molar-refractivity contribution < 1.29 is 20.3 Å². The van der Waals surface area contributed by atoms with Gasteiger partial charge in [-0.15, -0.1) is 0 Å². The van der Waals surface area contributed by atoms with Crippen LogP contribution >= 0.6 is 0 Å². The fourth-order valence-electron chi connectivity index (χ4n) is 2.83. The molecule has 0 saturated carbocycles. The fourth-order valence-corrected chi connectivity index (χ4v) is 2.83. The summed E-state index contributed by atoms with van der Waals surface area (Å²) >= 11 is 0. The average molecular weight is 343 g/mol. The van der Waals surface area contributed by atoms with E-state index in [1.165, 1.54) is 0 Å². The molecule has 2 aromatic rings. The van der Waals surface area contributed by atoms with E-state index in [1.807, 2.05) is 60.7 Å². The highest BCUT2D eigenvalue weighted by Gasteiger charge is 2.32. The Labute approximate surface area is 151 Å². The van der Waals surface area contributed by atoms with Gasteiger partial charge in [-0.25, -0.2) is 0 Å². The summed E-state index contributed by atoms with van der Waals surface area (Å²) in [6.45, 7) is 1.42. The van der Waals surface area contributed by atoms with Crippen LogP contribution in [0.3, 0.4) is 0 Å². The maximum absolute atomic E-state index is 8.17. The summed E-state index contributed by atoms with van der Waals surface area (Å²) in [5.41, 5.74) is 2.22. The third kappa shape index (κ3) is 5.65. The Bertz CT molecular complexity index is 637. The summed E-state index contributed by atoms with van der Waals surface area (Å²) in [6.07, 6.45) is -0.901. The molecule has 4 nitrogen and oxygen atoms in total. The first kappa shape index (κ1) is 16.7. The molecule has 0 amide bonds. The van der Waals surface area contributed by atoms with Crippen LogP contribution in [-0.4, -0.2) is 32.2 Å². The van der Waals surface area contributed by atoms with Gasteiger partial charge in [0, 0.05) is 14.9 Å². The largest absolute Gasteiger partial charge is 0.374 e. The Balaban J connectivity index is 1.56. The number of benzene rings is 2. The second kappa shape index (κ2) is 9.68. The van der Waals surface area contributed by atoms with Crippen molar-refractivity contribution in [2.45, 2.75) is 44.5 Å². The van der Waals surface area contributed by atoms with Gasteiger partial charge in [0.2, 0.25) is 0 Å². The zero-order valence-electron chi connectivity index (χ0n) is 15.5. The fraction of sp³-hybridized carbons (Fsp3) is 0.429. The maximum Gasteiger partial charge on any atom is 0.157 e. The second-order valence-electron chi connectivity index (χ2n) is 6.09. The first-order chi connectivity index (χ1) is 12.8. The lowest BCUT2D eigenvalue weighted by Crippen LogP contribution is -2.43. The molecule has 0 unspecified atom stereocenters. The molecule has 1 aliphatic rings. The van der Waals surface area contributed by atoms with E-state index in [2.05, 4.69) is 0 Å². The molecule has 0 spiro atoms. The summed E-state index contributed by atoms with van der Waals surface area (Å²) in [6, 6.07) is 20.1. The predicted octanol–water partition coefficient (Wildman–Crippen LogP) is 3.94. The van der Waals surface area contributed by atoms with Gasteiger partial charge < -0.3 is 18.9 Å². The standard InChI is InChI=1S/C21H26O4/c1-22-21-13-12-19(24-15-18-10-6-3-7-11-18)20(25-21)16-23-14-17-8-4-2-5-9-17/h2-11,19-21H,12-16H2,1H3/t19-,20+,21-/m0/s1/i13D/t13-,19+,20-,21+/m1. The summed E-state index contributed by atoms with van der Waals surface area (Å²) < 4.78 is 31.3. The Morgan fingerprint density at radius 3 is 2.28 bits per heavy atom. The lowest BCUT2D eigenvalue weighted by atomic mass is 10.0. The molecule has 0 aromatic heterocycles. The molecule has 1 fully saturated rings. The van der Waals surface area contributed by atoms with Gasteiger partial charge in [-0.05, 0) is 17.5 Å². The van der Waals surface area contributed by atoms with Crippen molar-refractivity contribution in [2.24, 2.45) is 0 Å². The molecule has 134 valence electrons. The monoisotopic (exact) mass is 343 g/mol. The topological polar surface area (TPSA) is 36.9 Å². The molecule has 0 radical (unpaired) electrons. The van der Waals surface area contributed by atoms with Crippen LogP contribution in [0.2, 0.25) is 0 Å². The molecule has 1 heterocycles. The maximum atomic E-state index is 8.17. The van der Waals surface area contributed by atoms with Crippen LogP contribution in [0.15, 0.2) is 60.7 Å². The van der Waals surface area contributed by atoms with Crippen LogP contribution in [-0.2, 0) is 32.2 Å². The third-order valence-electron chi connectivity index (χ3n) is 4.22. The lowest BCUT2D eigenvalue weighted by Gasteiger charge is -2.35. The number of methoxy groups -OCH3 is 1. The normalized spacial score (nSPS) is 27.0. The van der Waals surface area contributed by atoms with Crippen LogP contribution in [0, 0.1) is 0 Å². The van der Waals surface area contributed by atoms with Gasteiger partial charge in [0.1, 0.15) is 6.10 Å². The van der Waals surface area contributed by atoms with E-state index in [4.69, 9.17) is 20.3 Å². The molecule has 1 saturated heterocycles. The van der Waals surface area contributed by atoms with Crippen molar-refractivity contribution in [3.63, 3.8) is 0 Å². The molecule has 4 heteroatoms. The van der Waals surface area contributed by atoms with Gasteiger partial charge >= 0.3 is 0 Å². The Morgan fingerprint density at radius 2 is 1.64 bits per heavy atom. The van der Waals surface area contributed by atoms with Crippen molar-refractivity contribution in [1.29, 1.82) is 0 Å². The van der Waals surface area contributed by atoms with Crippen molar-refractivity contribution in [2.75, 3.05) is 13.7 Å². The zero-order chi connectivity index (χ0) is 18.2. The highest BCUT2D eigenvalue weighted by molar-refractivity contribution is 5.14. The predicted molar refractivity (Wildman–Crippen MR) is 96.0 cm³/mol. The Hall–Kier alpha value is -1.72. The smallest absolute Gasteiger partial charge is 0.157 e. The van der Waals surface area contributed by atoms with Crippen LogP contribution < -0.4 is 0 Å². The number of ether oxygens (including phenoxy) is 4. The summed E-state index contributed by atoms with van der Waals surface area (Å²) in [4.78, 5) is 0. The minimum atomic E-state index is -0.545. The molecule has 25 heavy (non-hydrogen) atoms. The highest BCUT2D eigenvalue weighted by atomic mass is 16.7. The van der Waals surface area contributed by atoms with E-state index in [1.54, 1.807) is 7.11 Å². The number of hydrogen-bond acceptors (Lipinski definition) is 4. The van der Waals surface area contributed by atoms with Crippen molar-refractivity contribution in [1.82, 2.24) is 0 Å². The van der Waals surface area contributed by atoms with E-state index < -0.39 is 12.7 Å². The number of hydrogen-bond donors (Lipinski definition) is 0. The Morgan fingerprint density at radius 1 is 1.00 bits per heavy atom. The minimum absolute atomic E-state index is 0.195. The molecule has 1 aliphatic heterocycles. The molecule has 3 rings (SSSR count). The van der Waals surface area contributed by atoms with E-state index in [0.29, 0.717) is 26.2 Å². The molecule has 0 N–H and O–H groups in total. The van der Waals surface area contributed by atoms with E-state index in [0.717, 1.165) is 11.1 Å². The van der Waals surface area contributed by atoms with Gasteiger partial charge in [0.15, 0.2) is 6.29 Å². The van der Waals surface area contributed by atoms with Gasteiger partial charge in [0.05, 0.1) is 25.9 Å². The number of rotatable bonds is 8. The zero-order valence-corrected chi connectivity index (χ0v) is 14.5. The van der Waals surface area contributed by atoms with Gasteiger partial charge in [-0.2, -0.15) is 0 Å². The SMILES string of the molecule is [2H][C@@H]1C[C@H](OCc2ccccc2)[C@@H](COCc2ccccc2)O[C@@H]1OC. The van der Waals surface area contributed by atoms with Crippen LogP contribution in [0.5, 0.6) is 0 Å². The van der Waals surface area contributed by atoms with E-state index >= 15 is 0 Å². The molecule has 4 atom stereocenters.